The molecule has 0 spiro atoms. The van der Waals surface area contributed by atoms with Crippen LogP contribution in [0.4, 0.5) is 13.2 Å². The molecule has 0 saturated heterocycles. The Morgan fingerprint density at radius 1 is 1.09 bits per heavy atom. The number of alkyl halides is 2. The van der Waals surface area contributed by atoms with E-state index in [1.165, 1.54) is 36.4 Å². The van der Waals surface area contributed by atoms with Crippen molar-refractivity contribution in [2.75, 3.05) is 6.61 Å². The monoisotopic (exact) mass is 323 g/mol. The van der Waals surface area contributed by atoms with Crippen LogP contribution in [0.3, 0.4) is 0 Å². The largest absolute Gasteiger partial charge is 0.490 e. The van der Waals surface area contributed by atoms with Gasteiger partial charge in [-0.3, -0.25) is 0 Å². The number of hydrogen-bond acceptors (Lipinski definition) is 4. The van der Waals surface area contributed by atoms with Crippen molar-refractivity contribution in [2.24, 2.45) is 0 Å². The van der Waals surface area contributed by atoms with Crippen LogP contribution in [0.15, 0.2) is 42.5 Å². The number of rotatable bonds is 6. The number of halogens is 3. The van der Waals surface area contributed by atoms with Crippen molar-refractivity contribution >= 4 is 0 Å². The van der Waals surface area contributed by atoms with Crippen LogP contribution in [0, 0.1) is 17.1 Å². The van der Waals surface area contributed by atoms with Crippen molar-refractivity contribution in [2.45, 2.75) is 12.7 Å². The van der Waals surface area contributed by atoms with Gasteiger partial charge in [0.2, 0.25) is 0 Å². The smallest absolute Gasteiger partial charge is 0.387 e. The van der Waals surface area contributed by atoms with Crippen LogP contribution in [-0.2, 0) is 0 Å². The van der Waals surface area contributed by atoms with Crippen LogP contribution in [-0.4, -0.2) is 18.3 Å². The lowest BCUT2D eigenvalue weighted by Gasteiger charge is -2.13. The summed E-state index contributed by atoms with van der Waals surface area (Å²) >= 11 is 0. The molecule has 0 saturated carbocycles. The van der Waals surface area contributed by atoms with Gasteiger partial charge in [-0.25, -0.2) is 4.39 Å². The number of hydrogen-bond donors (Lipinski definition) is 1. The summed E-state index contributed by atoms with van der Waals surface area (Å²) in [4.78, 5) is 0. The molecule has 0 aromatic heterocycles. The van der Waals surface area contributed by atoms with E-state index in [2.05, 4.69) is 4.74 Å². The number of nitriles is 1. The van der Waals surface area contributed by atoms with Crippen molar-refractivity contribution < 1.29 is 27.8 Å². The summed E-state index contributed by atoms with van der Waals surface area (Å²) in [7, 11) is 0. The minimum atomic E-state index is -2.92. The normalized spacial score (nSPS) is 11.8. The van der Waals surface area contributed by atoms with Gasteiger partial charge in [-0.2, -0.15) is 14.0 Å². The molecule has 0 heterocycles. The van der Waals surface area contributed by atoms with E-state index in [1.54, 1.807) is 6.07 Å². The van der Waals surface area contributed by atoms with Gasteiger partial charge in [0.05, 0.1) is 5.56 Å². The highest BCUT2D eigenvalue weighted by atomic mass is 19.3. The average Bonchev–Trinajstić information content (AvgIpc) is 2.53. The lowest BCUT2D eigenvalue weighted by molar-refractivity contribution is -0.0498. The van der Waals surface area contributed by atoms with Gasteiger partial charge < -0.3 is 14.6 Å². The summed E-state index contributed by atoms with van der Waals surface area (Å²) in [5, 5.41) is 18.6. The SMILES string of the molecule is N#Cc1ccc(OCC(O)c2ccc(OC(F)F)cc2)cc1F. The minimum Gasteiger partial charge on any atom is -0.490 e. The van der Waals surface area contributed by atoms with Gasteiger partial charge in [0.15, 0.2) is 0 Å². The Morgan fingerprint density at radius 2 is 1.74 bits per heavy atom. The number of aliphatic hydroxyl groups excluding tert-OH is 1. The molecule has 1 unspecified atom stereocenters. The molecule has 2 aromatic carbocycles. The summed E-state index contributed by atoms with van der Waals surface area (Å²) < 4.78 is 46.9. The van der Waals surface area contributed by atoms with Gasteiger partial charge in [0, 0.05) is 6.07 Å². The van der Waals surface area contributed by atoms with Crippen molar-refractivity contribution in [1.82, 2.24) is 0 Å². The Hall–Kier alpha value is -2.72. The van der Waals surface area contributed by atoms with E-state index >= 15 is 0 Å². The molecule has 4 nitrogen and oxygen atoms in total. The van der Waals surface area contributed by atoms with E-state index in [1.807, 2.05) is 0 Å². The molecule has 0 aliphatic carbocycles. The van der Waals surface area contributed by atoms with Crippen LogP contribution >= 0.6 is 0 Å². The third-order valence-electron chi connectivity index (χ3n) is 2.96. The van der Waals surface area contributed by atoms with E-state index < -0.39 is 18.5 Å². The Kier molecular flexibility index (Phi) is 5.44. The molecule has 0 bridgehead atoms. The minimum absolute atomic E-state index is 0.0222. The molecular formula is C16H12F3NO3. The number of nitrogens with zero attached hydrogens (tertiary/aromatic N) is 1. The fraction of sp³-hybridized carbons (Fsp3) is 0.188. The first-order valence-corrected chi connectivity index (χ1v) is 6.55. The lowest BCUT2D eigenvalue weighted by Crippen LogP contribution is -2.10. The molecule has 7 heteroatoms. The molecule has 0 amide bonds. The maximum Gasteiger partial charge on any atom is 0.387 e. The molecule has 0 aliphatic heterocycles. The van der Waals surface area contributed by atoms with E-state index in [-0.39, 0.29) is 23.7 Å². The molecule has 1 atom stereocenters. The molecule has 0 fully saturated rings. The third kappa shape index (κ3) is 4.63. The Morgan fingerprint density at radius 3 is 2.30 bits per heavy atom. The van der Waals surface area contributed by atoms with E-state index in [0.29, 0.717) is 5.56 Å². The zero-order valence-electron chi connectivity index (χ0n) is 11.7. The van der Waals surface area contributed by atoms with Gasteiger partial charge in [-0.15, -0.1) is 0 Å². The molecular weight excluding hydrogens is 311 g/mol. The second-order valence-electron chi connectivity index (χ2n) is 4.53. The second-order valence-corrected chi connectivity index (χ2v) is 4.53. The first kappa shape index (κ1) is 16.6. The highest BCUT2D eigenvalue weighted by molar-refractivity contribution is 5.36. The highest BCUT2D eigenvalue weighted by Crippen LogP contribution is 2.21. The van der Waals surface area contributed by atoms with E-state index in [4.69, 9.17) is 10.00 Å². The Bertz CT molecular complexity index is 699. The molecule has 0 radical (unpaired) electrons. The van der Waals surface area contributed by atoms with Crippen molar-refractivity contribution in [1.29, 1.82) is 5.26 Å². The zero-order chi connectivity index (χ0) is 16.8. The van der Waals surface area contributed by atoms with Crippen LogP contribution in [0.1, 0.15) is 17.2 Å². The zero-order valence-corrected chi connectivity index (χ0v) is 11.7. The number of ether oxygens (including phenoxy) is 2. The Balaban J connectivity index is 1.95. The third-order valence-corrected chi connectivity index (χ3v) is 2.96. The van der Waals surface area contributed by atoms with Gasteiger partial charge >= 0.3 is 6.61 Å². The first-order chi connectivity index (χ1) is 11.0. The second kappa shape index (κ2) is 7.51. The van der Waals surface area contributed by atoms with Crippen LogP contribution < -0.4 is 9.47 Å². The molecule has 2 aromatic rings. The van der Waals surface area contributed by atoms with E-state index in [9.17, 15) is 18.3 Å². The predicted molar refractivity (Wildman–Crippen MR) is 74.6 cm³/mol. The standard InChI is InChI=1S/C16H12F3NO3/c17-14-7-13(6-3-11(14)8-20)22-9-15(21)10-1-4-12(5-2-10)23-16(18)19/h1-7,15-16,21H,9H2. The fourth-order valence-corrected chi connectivity index (χ4v) is 1.82. The molecule has 0 aliphatic rings. The van der Waals surface area contributed by atoms with Gasteiger partial charge in [0.25, 0.3) is 0 Å². The van der Waals surface area contributed by atoms with E-state index in [0.717, 1.165) is 6.07 Å². The highest BCUT2D eigenvalue weighted by Gasteiger charge is 2.11. The maximum absolute atomic E-state index is 13.4. The quantitative estimate of drug-likeness (QED) is 0.885. The van der Waals surface area contributed by atoms with Crippen molar-refractivity contribution in [3.05, 3.63) is 59.4 Å². The summed E-state index contributed by atoms with van der Waals surface area (Å²) in [6.07, 6.45) is -1.03. The summed E-state index contributed by atoms with van der Waals surface area (Å²) in [6.45, 7) is -3.08. The average molecular weight is 323 g/mol. The number of benzene rings is 2. The Labute approximate surface area is 130 Å². The predicted octanol–water partition coefficient (Wildman–Crippen LogP) is 3.41. The summed E-state index contributed by atoms with van der Waals surface area (Å²) in [5.41, 5.74) is 0.327. The van der Waals surface area contributed by atoms with Crippen molar-refractivity contribution in [3.8, 4) is 17.6 Å². The van der Waals surface area contributed by atoms with Gasteiger partial charge in [-0.05, 0) is 29.8 Å². The fourth-order valence-electron chi connectivity index (χ4n) is 1.82. The molecule has 23 heavy (non-hydrogen) atoms. The topological polar surface area (TPSA) is 62.5 Å². The van der Waals surface area contributed by atoms with Gasteiger partial charge in [0.1, 0.15) is 36.1 Å². The van der Waals surface area contributed by atoms with Crippen LogP contribution in [0.5, 0.6) is 11.5 Å². The molecule has 2 rings (SSSR count). The first-order valence-electron chi connectivity index (χ1n) is 6.55. The number of aliphatic hydroxyl groups is 1. The van der Waals surface area contributed by atoms with Crippen molar-refractivity contribution in [3.63, 3.8) is 0 Å². The molecule has 1 N–H and O–H groups in total. The van der Waals surface area contributed by atoms with Gasteiger partial charge in [-0.1, -0.05) is 12.1 Å². The summed E-state index contributed by atoms with van der Waals surface area (Å²) in [5.74, 6) is -0.572. The van der Waals surface area contributed by atoms with Crippen LogP contribution in [0.25, 0.3) is 0 Å². The van der Waals surface area contributed by atoms with Crippen LogP contribution in [0.2, 0.25) is 0 Å². The summed E-state index contributed by atoms with van der Waals surface area (Å²) in [6, 6.07) is 10.9. The lowest BCUT2D eigenvalue weighted by atomic mass is 10.1. The molecule has 120 valence electrons. The maximum atomic E-state index is 13.4.